The molecule has 0 bridgehead atoms. The number of esters is 1. The van der Waals surface area contributed by atoms with E-state index in [2.05, 4.69) is 0 Å². The lowest BCUT2D eigenvalue weighted by Crippen LogP contribution is -2.30. The standard InChI is InChI=1S/C18H20N2O7S/c1-4-26-16-8-14(20(23)24)13(7-15(16)25-3)18(22)27-10-17(21)19(2)9-12-5-6-28-11-12/h5-8,11H,4,9-10H2,1-3H3. The first-order chi connectivity index (χ1) is 13.4. The zero-order chi connectivity index (χ0) is 20.7. The molecule has 1 heterocycles. The molecule has 0 aliphatic carbocycles. The van der Waals surface area contributed by atoms with Gasteiger partial charge in [-0.15, -0.1) is 0 Å². The maximum atomic E-state index is 12.4. The Labute approximate surface area is 165 Å². The summed E-state index contributed by atoms with van der Waals surface area (Å²) in [5.74, 6) is -1.13. The number of rotatable bonds is 9. The summed E-state index contributed by atoms with van der Waals surface area (Å²) < 4.78 is 15.4. The highest BCUT2D eigenvalue weighted by atomic mass is 32.1. The highest BCUT2D eigenvalue weighted by Crippen LogP contribution is 2.35. The predicted molar refractivity (Wildman–Crippen MR) is 102 cm³/mol. The first kappa shape index (κ1) is 21.2. The number of nitro benzene ring substituents is 1. The summed E-state index contributed by atoms with van der Waals surface area (Å²) in [5, 5.41) is 15.1. The van der Waals surface area contributed by atoms with Gasteiger partial charge in [0.1, 0.15) is 5.56 Å². The molecule has 0 radical (unpaired) electrons. The summed E-state index contributed by atoms with van der Waals surface area (Å²) in [6, 6.07) is 4.16. The van der Waals surface area contributed by atoms with Crippen LogP contribution in [0.3, 0.4) is 0 Å². The first-order valence-corrected chi connectivity index (χ1v) is 9.23. The van der Waals surface area contributed by atoms with Gasteiger partial charge in [-0.05, 0) is 29.3 Å². The molecule has 9 nitrogen and oxygen atoms in total. The second-order valence-corrected chi connectivity index (χ2v) is 6.45. The zero-order valence-corrected chi connectivity index (χ0v) is 16.5. The summed E-state index contributed by atoms with van der Waals surface area (Å²) >= 11 is 1.51. The van der Waals surface area contributed by atoms with Crippen molar-refractivity contribution in [2.24, 2.45) is 0 Å². The van der Waals surface area contributed by atoms with Crippen LogP contribution in [0, 0.1) is 10.1 Å². The number of hydrogen-bond acceptors (Lipinski definition) is 8. The monoisotopic (exact) mass is 408 g/mol. The number of likely N-dealkylation sites (N-methyl/N-ethyl adjacent to an activating group) is 1. The Morgan fingerprint density at radius 3 is 2.61 bits per heavy atom. The Hall–Kier alpha value is -3.14. The van der Waals surface area contributed by atoms with Gasteiger partial charge in [-0.3, -0.25) is 14.9 Å². The maximum Gasteiger partial charge on any atom is 0.345 e. The highest BCUT2D eigenvalue weighted by molar-refractivity contribution is 7.07. The van der Waals surface area contributed by atoms with Gasteiger partial charge in [-0.25, -0.2) is 4.79 Å². The van der Waals surface area contributed by atoms with Crippen molar-refractivity contribution in [1.82, 2.24) is 4.90 Å². The number of carbonyl (C=O) groups is 2. The second kappa shape index (κ2) is 9.70. The number of hydrogen-bond donors (Lipinski definition) is 0. The van der Waals surface area contributed by atoms with E-state index in [-0.39, 0.29) is 23.7 Å². The smallest absolute Gasteiger partial charge is 0.345 e. The van der Waals surface area contributed by atoms with Crippen LogP contribution in [0.15, 0.2) is 29.0 Å². The van der Waals surface area contributed by atoms with Gasteiger partial charge in [-0.1, -0.05) is 0 Å². The molecule has 0 N–H and O–H groups in total. The van der Waals surface area contributed by atoms with Gasteiger partial charge in [0.25, 0.3) is 11.6 Å². The van der Waals surface area contributed by atoms with E-state index in [1.54, 1.807) is 14.0 Å². The average molecular weight is 408 g/mol. The molecule has 0 saturated heterocycles. The van der Waals surface area contributed by atoms with Crippen LogP contribution in [0.5, 0.6) is 11.5 Å². The molecular formula is C18H20N2O7S. The number of nitrogens with zero attached hydrogens (tertiary/aromatic N) is 2. The molecule has 2 rings (SSSR count). The lowest BCUT2D eigenvalue weighted by atomic mass is 10.1. The largest absolute Gasteiger partial charge is 0.493 e. The van der Waals surface area contributed by atoms with Crippen molar-refractivity contribution in [2.45, 2.75) is 13.5 Å². The number of benzene rings is 1. The van der Waals surface area contributed by atoms with Gasteiger partial charge in [0.2, 0.25) is 0 Å². The molecule has 0 aliphatic heterocycles. The van der Waals surface area contributed by atoms with E-state index in [0.29, 0.717) is 6.54 Å². The lowest BCUT2D eigenvalue weighted by Gasteiger charge is -2.16. The molecule has 0 unspecified atom stereocenters. The number of carbonyl (C=O) groups excluding carboxylic acids is 2. The molecule has 10 heteroatoms. The van der Waals surface area contributed by atoms with E-state index < -0.39 is 29.1 Å². The number of thiophene rings is 1. The van der Waals surface area contributed by atoms with Crippen molar-refractivity contribution >= 4 is 28.9 Å². The topological polar surface area (TPSA) is 108 Å². The van der Waals surface area contributed by atoms with Gasteiger partial charge in [0.15, 0.2) is 18.1 Å². The molecule has 1 amide bonds. The van der Waals surface area contributed by atoms with Crippen LogP contribution >= 0.6 is 11.3 Å². The quantitative estimate of drug-likeness (QED) is 0.357. The number of amides is 1. The summed E-state index contributed by atoms with van der Waals surface area (Å²) in [7, 11) is 2.93. The summed E-state index contributed by atoms with van der Waals surface area (Å²) in [5.41, 5.74) is 0.144. The van der Waals surface area contributed by atoms with E-state index in [4.69, 9.17) is 14.2 Å². The van der Waals surface area contributed by atoms with Gasteiger partial charge < -0.3 is 19.1 Å². The van der Waals surface area contributed by atoms with E-state index >= 15 is 0 Å². The van der Waals surface area contributed by atoms with Gasteiger partial charge in [0.05, 0.1) is 24.7 Å². The number of nitro groups is 1. The van der Waals surface area contributed by atoms with Crippen LogP contribution < -0.4 is 9.47 Å². The molecule has 150 valence electrons. The highest BCUT2D eigenvalue weighted by Gasteiger charge is 2.26. The molecular weight excluding hydrogens is 388 g/mol. The fourth-order valence-electron chi connectivity index (χ4n) is 2.35. The molecule has 28 heavy (non-hydrogen) atoms. The Morgan fingerprint density at radius 2 is 2.04 bits per heavy atom. The second-order valence-electron chi connectivity index (χ2n) is 5.67. The number of ether oxygens (including phenoxy) is 3. The third-order valence-electron chi connectivity index (χ3n) is 3.75. The summed E-state index contributed by atoms with van der Waals surface area (Å²) in [6.07, 6.45) is 0. The van der Waals surface area contributed by atoms with Gasteiger partial charge >= 0.3 is 5.97 Å². The molecule has 1 aromatic carbocycles. The molecule has 0 spiro atoms. The normalized spacial score (nSPS) is 10.2. The van der Waals surface area contributed by atoms with Crippen molar-refractivity contribution in [3.05, 3.63) is 50.2 Å². The lowest BCUT2D eigenvalue weighted by molar-refractivity contribution is -0.385. The fourth-order valence-corrected chi connectivity index (χ4v) is 3.01. The van der Waals surface area contributed by atoms with Crippen LogP contribution in [0.25, 0.3) is 0 Å². The van der Waals surface area contributed by atoms with Crippen molar-refractivity contribution in [3.8, 4) is 11.5 Å². The van der Waals surface area contributed by atoms with E-state index in [1.807, 2.05) is 16.8 Å². The molecule has 0 saturated carbocycles. The molecule has 1 aromatic heterocycles. The van der Waals surface area contributed by atoms with Crippen molar-refractivity contribution in [3.63, 3.8) is 0 Å². The molecule has 0 aliphatic rings. The SMILES string of the molecule is CCOc1cc([N+](=O)[O-])c(C(=O)OCC(=O)N(C)Cc2ccsc2)cc1OC. The Bertz CT molecular complexity index is 852. The van der Waals surface area contributed by atoms with Crippen LogP contribution in [0.4, 0.5) is 5.69 Å². The Kier molecular flexibility index (Phi) is 7.33. The predicted octanol–water partition coefficient (Wildman–Crippen LogP) is 2.88. The molecule has 0 atom stereocenters. The van der Waals surface area contributed by atoms with E-state index in [0.717, 1.165) is 11.6 Å². The van der Waals surface area contributed by atoms with Crippen molar-refractivity contribution in [1.29, 1.82) is 0 Å². The third kappa shape index (κ3) is 5.19. The summed E-state index contributed by atoms with van der Waals surface area (Å²) in [6.45, 7) is 1.82. The van der Waals surface area contributed by atoms with Gasteiger partial charge in [0, 0.05) is 19.7 Å². The van der Waals surface area contributed by atoms with E-state index in [9.17, 15) is 19.7 Å². The van der Waals surface area contributed by atoms with Gasteiger partial charge in [-0.2, -0.15) is 11.3 Å². The van der Waals surface area contributed by atoms with Crippen LogP contribution in [0.2, 0.25) is 0 Å². The van der Waals surface area contributed by atoms with Crippen LogP contribution in [0.1, 0.15) is 22.8 Å². The summed E-state index contributed by atoms with van der Waals surface area (Å²) in [4.78, 5) is 36.5. The third-order valence-corrected chi connectivity index (χ3v) is 4.48. The van der Waals surface area contributed by atoms with Crippen LogP contribution in [-0.2, 0) is 16.1 Å². The fraction of sp³-hybridized carbons (Fsp3) is 0.333. The minimum absolute atomic E-state index is 0.139. The van der Waals surface area contributed by atoms with E-state index in [1.165, 1.54) is 29.4 Å². The average Bonchev–Trinajstić information content (AvgIpc) is 3.18. The molecule has 0 fully saturated rings. The van der Waals surface area contributed by atoms with Crippen molar-refractivity contribution in [2.75, 3.05) is 27.4 Å². The van der Waals surface area contributed by atoms with Crippen molar-refractivity contribution < 1.29 is 28.7 Å². The first-order valence-electron chi connectivity index (χ1n) is 8.28. The Morgan fingerprint density at radius 1 is 1.29 bits per heavy atom. The zero-order valence-electron chi connectivity index (χ0n) is 15.7. The minimum atomic E-state index is -0.995. The number of methoxy groups -OCH3 is 1. The molecule has 2 aromatic rings. The maximum absolute atomic E-state index is 12.4. The van der Waals surface area contributed by atoms with Crippen LogP contribution in [-0.4, -0.2) is 49.1 Å². The Balaban J connectivity index is 2.12. The minimum Gasteiger partial charge on any atom is -0.493 e.